The Labute approximate surface area is 142 Å². The Morgan fingerprint density at radius 1 is 1.39 bits per heavy atom. The minimum atomic E-state index is -3.80. The summed E-state index contributed by atoms with van der Waals surface area (Å²) in [6.45, 7) is 0. The molecule has 1 atom stereocenters. The number of hydrogen-bond acceptors (Lipinski definition) is 4. The number of sulfonamides is 1. The number of rotatable bonds is 3. The van der Waals surface area contributed by atoms with Crippen LogP contribution in [0.25, 0.3) is 0 Å². The SMILES string of the molecule is NS(=O)(=O)c1csc(C(=O)/N=C/C2CCc3cc(Cl)ccc32)c1. The number of benzene rings is 1. The molecule has 0 saturated heterocycles. The third kappa shape index (κ3) is 3.53. The van der Waals surface area contributed by atoms with Gasteiger partial charge in [-0.25, -0.2) is 18.5 Å². The van der Waals surface area contributed by atoms with Crippen LogP contribution in [-0.2, 0) is 16.4 Å². The Balaban J connectivity index is 1.77. The molecule has 0 bridgehead atoms. The van der Waals surface area contributed by atoms with Gasteiger partial charge in [0, 0.05) is 22.5 Å². The van der Waals surface area contributed by atoms with E-state index in [9.17, 15) is 13.2 Å². The van der Waals surface area contributed by atoms with Crippen molar-refractivity contribution in [3.05, 3.63) is 50.7 Å². The zero-order chi connectivity index (χ0) is 16.6. The van der Waals surface area contributed by atoms with E-state index >= 15 is 0 Å². The highest BCUT2D eigenvalue weighted by atomic mass is 35.5. The minimum Gasteiger partial charge on any atom is -0.266 e. The van der Waals surface area contributed by atoms with Crippen LogP contribution in [0, 0.1) is 0 Å². The normalized spacial score (nSPS) is 17.6. The molecule has 1 aromatic heterocycles. The summed E-state index contributed by atoms with van der Waals surface area (Å²) in [7, 11) is -3.80. The molecule has 0 saturated carbocycles. The van der Waals surface area contributed by atoms with Crippen molar-refractivity contribution in [3.63, 3.8) is 0 Å². The van der Waals surface area contributed by atoms with E-state index in [2.05, 4.69) is 4.99 Å². The van der Waals surface area contributed by atoms with Gasteiger partial charge in [-0.2, -0.15) is 0 Å². The first-order chi connectivity index (χ1) is 10.8. The van der Waals surface area contributed by atoms with Gasteiger partial charge in [0.2, 0.25) is 10.0 Å². The average molecular weight is 369 g/mol. The largest absolute Gasteiger partial charge is 0.286 e. The van der Waals surface area contributed by atoms with Crippen molar-refractivity contribution in [2.45, 2.75) is 23.7 Å². The molecule has 2 N–H and O–H groups in total. The first kappa shape index (κ1) is 16.3. The van der Waals surface area contributed by atoms with E-state index < -0.39 is 15.9 Å². The first-order valence-corrected chi connectivity index (χ1v) is 9.63. The van der Waals surface area contributed by atoms with Crippen LogP contribution in [-0.4, -0.2) is 20.5 Å². The third-order valence-corrected chi connectivity index (χ3v) is 5.91. The van der Waals surface area contributed by atoms with Crippen LogP contribution < -0.4 is 5.14 Å². The van der Waals surface area contributed by atoms with Gasteiger partial charge in [0.1, 0.15) is 0 Å². The maximum atomic E-state index is 12.1. The molecule has 0 radical (unpaired) electrons. The van der Waals surface area contributed by atoms with Crippen molar-refractivity contribution in [1.82, 2.24) is 0 Å². The van der Waals surface area contributed by atoms with E-state index in [1.54, 1.807) is 6.21 Å². The second-order valence-corrected chi connectivity index (χ2v) is 8.17. The molecule has 5 nitrogen and oxygen atoms in total. The predicted molar refractivity (Wildman–Crippen MR) is 91.0 cm³/mol. The predicted octanol–water partition coefficient (Wildman–Crippen LogP) is 2.99. The maximum absolute atomic E-state index is 12.1. The number of carbonyl (C=O) groups is 1. The summed E-state index contributed by atoms with van der Waals surface area (Å²) < 4.78 is 22.4. The highest BCUT2D eigenvalue weighted by molar-refractivity contribution is 7.89. The van der Waals surface area contributed by atoms with Crippen LogP contribution in [0.1, 0.15) is 33.1 Å². The number of primary sulfonamides is 1. The van der Waals surface area contributed by atoms with E-state index in [4.69, 9.17) is 16.7 Å². The molecule has 1 unspecified atom stereocenters. The number of aliphatic imine (C=N–C) groups is 1. The topological polar surface area (TPSA) is 89.6 Å². The Kier molecular flexibility index (Phi) is 4.37. The summed E-state index contributed by atoms with van der Waals surface area (Å²) in [5.41, 5.74) is 2.30. The lowest BCUT2D eigenvalue weighted by molar-refractivity contribution is 0.101. The van der Waals surface area contributed by atoms with Gasteiger partial charge in [0.05, 0.1) is 9.77 Å². The Bertz CT molecular complexity index is 903. The third-order valence-electron chi connectivity index (χ3n) is 3.72. The second kappa shape index (κ2) is 6.16. The molecule has 0 spiro atoms. The van der Waals surface area contributed by atoms with Gasteiger partial charge in [0.15, 0.2) is 0 Å². The zero-order valence-corrected chi connectivity index (χ0v) is 14.3. The van der Waals surface area contributed by atoms with Gasteiger partial charge in [-0.15, -0.1) is 11.3 Å². The number of halogens is 1. The summed E-state index contributed by atoms with van der Waals surface area (Å²) in [5.74, 6) is -0.392. The summed E-state index contributed by atoms with van der Waals surface area (Å²) in [4.78, 5) is 16.2. The van der Waals surface area contributed by atoms with Crippen molar-refractivity contribution >= 4 is 45.1 Å². The quantitative estimate of drug-likeness (QED) is 0.844. The Hall–Kier alpha value is -1.54. The number of hydrogen-bond donors (Lipinski definition) is 1. The molecule has 1 amide bonds. The highest BCUT2D eigenvalue weighted by Crippen LogP contribution is 2.33. The van der Waals surface area contributed by atoms with Crippen molar-refractivity contribution in [2.24, 2.45) is 10.1 Å². The lowest BCUT2D eigenvalue weighted by Crippen LogP contribution is -2.10. The van der Waals surface area contributed by atoms with Gasteiger partial charge >= 0.3 is 0 Å². The molecule has 0 aliphatic heterocycles. The minimum absolute atomic E-state index is 0.0677. The van der Waals surface area contributed by atoms with Crippen molar-refractivity contribution < 1.29 is 13.2 Å². The van der Waals surface area contributed by atoms with Crippen molar-refractivity contribution in [1.29, 1.82) is 0 Å². The van der Waals surface area contributed by atoms with Crippen LogP contribution >= 0.6 is 22.9 Å². The molecule has 3 rings (SSSR count). The highest BCUT2D eigenvalue weighted by Gasteiger charge is 2.21. The fourth-order valence-corrected chi connectivity index (χ4v) is 4.47. The lowest BCUT2D eigenvalue weighted by atomic mass is 10.0. The van der Waals surface area contributed by atoms with Crippen LogP contribution in [0.2, 0.25) is 5.02 Å². The number of aryl methyl sites for hydroxylation is 1. The average Bonchev–Trinajstić information content (AvgIpc) is 3.11. The van der Waals surface area contributed by atoms with Crippen LogP contribution in [0.3, 0.4) is 0 Å². The molecule has 1 aliphatic carbocycles. The van der Waals surface area contributed by atoms with Gasteiger partial charge in [-0.1, -0.05) is 17.7 Å². The summed E-state index contributed by atoms with van der Waals surface area (Å²) in [5, 5.41) is 7.07. The number of amides is 1. The van der Waals surface area contributed by atoms with Crippen LogP contribution in [0.15, 0.2) is 39.5 Å². The summed E-state index contributed by atoms with van der Waals surface area (Å²) >= 11 is 6.99. The number of fused-ring (bicyclic) bond motifs is 1. The molecule has 0 fully saturated rings. The smallest absolute Gasteiger partial charge is 0.266 e. The van der Waals surface area contributed by atoms with Crippen LogP contribution in [0.5, 0.6) is 0 Å². The number of nitrogens with zero attached hydrogens (tertiary/aromatic N) is 1. The van der Waals surface area contributed by atoms with E-state index in [-0.39, 0.29) is 15.7 Å². The van der Waals surface area contributed by atoms with E-state index in [1.807, 2.05) is 18.2 Å². The van der Waals surface area contributed by atoms with E-state index in [0.29, 0.717) is 5.02 Å². The standard InChI is InChI=1S/C15H13ClN2O3S2/c16-11-3-4-13-9(5-11)1-2-10(13)7-18-15(19)14-6-12(8-22-14)23(17,20)21/h3-8,10H,1-2H2,(H2,17,20,21)/b18-7+. The van der Waals surface area contributed by atoms with E-state index in [0.717, 1.165) is 29.7 Å². The molecule has 8 heteroatoms. The van der Waals surface area contributed by atoms with Gasteiger partial charge in [0.25, 0.3) is 5.91 Å². The summed E-state index contributed by atoms with van der Waals surface area (Å²) in [6, 6.07) is 6.97. The maximum Gasteiger partial charge on any atom is 0.286 e. The van der Waals surface area contributed by atoms with Gasteiger partial charge < -0.3 is 0 Å². The lowest BCUT2D eigenvalue weighted by Gasteiger charge is -2.04. The Morgan fingerprint density at radius 2 is 2.17 bits per heavy atom. The molecule has 23 heavy (non-hydrogen) atoms. The fraction of sp³-hybridized carbons (Fsp3) is 0.200. The number of thiophene rings is 1. The molecular formula is C15H13ClN2O3S2. The first-order valence-electron chi connectivity index (χ1n) is 6.83. The van der Waals surface area contributed by atoms with Crippen molar-refractivity contribution in [2.75, 3.05) is 0 Å². The monoisotopic (exact) mass is 368 g/mol. The second-order valence-electron chi connectivity index (χ2n) is 5.26. The van der Waals surface area contributed by atoms with Gasteiger partial charge in [-0.3, -0.25) is 4.79 Å². The molecule has 2 aromatic rings. The van der Waals surface area contributed by atoms with Gasteiger partial charge in [-0.05, 0) is 42.2 Å². The molecule has 1 aromatic carbocycles. The Morgan fingerprint density at radius 3 is 2.87 bits per heavy atom. The van der Waals surface area contributed by atoms with E-state index in [1.165, 1.54) is 17.0 Å². The number of carbonyl (C=O) groups excluding carboxylic acids is 1. The molecule has 1 heterocycles. The van der Waals surface area contributed by atoms with Crippen LogP contribution in [0.4, 0.5) is 0 Å². The molecular weight excluding hydrogens is 356 g/mol. The van der Waals surface area contributed by atoms with Crippen molar-refractivity contribution in [3.8, 4) is 0 Å². The molecule has 1 aliphatic rings. The number of nitrogens with two attached hydrogens (primary N) is 1. The summed E-state index contributed by atoms with van der Waals surface area (Å²) in [6.07, 6.45) is 3.40. The fourth-order valence-electron chi connectivity index (χ4n) is 2.58. The zero-order valence-electron chi connectivity index (χ0n) is 11.9. The molecule has 120 valence electrons.